The Bertz CT molecular complexity index is 879. The van der Waals surface area contributed by atoms with E-state index in [2.05, 4.69) is 31.2 Å². The molecule has 0 bridgehead atoms. The fourth-order valence-corrected chi connectivity index (χ4v) is 5.12. The van der Waals surface area contributed by atoms with Gasteiger partial charge in [0.15, 0.2) is 0 Å². The van der Waals surface area contributed by atoms with Gasteiger partial charge in [-0.25, -0.2) is 0 Å². The number of Topliss-reactive ketones (excluding diaryl/α,β-unsaturated/α-hetero) is 1. The number of rotatable bonds is 18. The Morgan fingerprint density at radius 2 is 1.17 bits per heavy atom. The van der Waals surface area contributed by atoms with Crippen molar-refractivity contribution in [2.45, 2.75) is 95.3 Å². The van der Waals surface area contributed by atoms with Crippen molar-refractivity contribution in [3.63, 3.8) is 0 Å². The molecule has 4 heteroatoms. The topological polar surface area (TPSA) is 63.6 Å². The zero-order valence-corrected chi connectivity index (χ0v) is 21.9. The number of methoxy groups -OCH3 is 1. The Labute approximate surface area is 212 Å². The summed E-state index contributed by atoms with van der Waals surface area (Å²) in [5, 5.41) is 9.38. The Morgan fingerprint density at radius 3 is 1.63 bits per heavy atom. The summed E-state index contributed by atoms with van der Waals surface area (Å²) in [6.07, 6.45) is 9.16. The first-order valence-electron chi connectivity index (χ1n) is 13.1. The Morgan fingerprint density at radius 1 is 0.714 bits per heavy atom. The van der Waals surface area contributed by atoms with Crippen molar-refractivity contribution in [2.75, 3.05) is 13.7 Å². The second kappa shape index (κ2) is 14.8. The van der Waals surface area contributed by atoms with Crippen molar-refractivity contribution >= 4 is 11.8 Å². The molecule has 2 aromatic carbocycles. The molecule has 2 unspecified atom stereocenters. The van der Waals surface area contributed by atoms with Crippen LogP contribution in [0.15, 0.2) is 60.7 Å². The first-order valence-corrected chi connectivity index (χ1v) is 13.1. The fraction of sp³-hybridized carbons (Fsp3) is 0.548. The van der Waals surface area contributed by atoms with Gasteiger partial charge >= 0.3 is 5.97 Å². The molecule has 2 atom stereocenters. The summed E-state index contributed by atoms with van der Waals surface area (Å²) >= 11 is 0. The molecule has 4 nitrogen and oxygen atoms in total. The molecule has 0 aliphatic carbocycles. The number of benzene rings is 2. The van der Waals surface area contributed by atoms with Crippen molar-refractivity contribution in [1.29, 1.82) is 0 Å². The molecule has 0 saturated heterocycles. The number of aliphatic carboxylic acids is 1. The maximum atomic E-state index is 12.4. The second-order valence-corrected chi connectivity index (χ2v) is 10.5. The predicted octanol–water partition coefficient (Wildman–Crippen LogP) is 7.49. The van der Waals surface area contributed by atoms with Crippen LogP contribution in [0, 0.1) is 0 Å². The van der Waals surface area contributed by atoms with E-state index in [-0.39, 0.29) is 17.3 Å². The van der Waals surface area contributed by atoms with Crippen LogP contribution in [0.1, 0.15) is 95.6 Å². The van der Waals surface area contributed by atoms with Crippen LogP contribution < -0.4 is 0 Å². The molecular formula is C31H44O4. The number of ketones is 1. The minimum Gasteiger partial charge on any atom is -0.481 e. The smallest absolute Gasteiger partial charge is 0.304 e. The van der Waals surface area contributed by atoms with Crippen molar-refractivity contribution in [3.05, 3.63) is 71.8 Å². The van der Waals surface area contributed by atoms with Gasteiger partial charge in [0.1, 0.15) is 5.78 Å². The molecule has 0 spiro atoms. The number of hydrogen-bond acceptors (Lipinski definition) is 3. The lowest BCUT2D eigenvalue weighted by atomic mass is 9.75. The van der Waals surface area contributed by atoms with E-state index in [1.807, 2.05) is 43.3 Å². The zero-order chi connectivity index (χ0) is 25.6. The lowest BCUT2D eigenvalue weighted by Gasteiger charge is -2.29. The molecule has 0 aromatic heterocycles. The Kier molecular flexibility index (Phi) is 12.2. The number of carbonyl (C=O) groups excluding carboxylic acids is 1. The fourth-order valence-electron chi connectivity index (χ4n) is 5.12. The van der Waals surface area contributed by atoms with Crippen molar-refractivity contribution in [3.8, 4) is 0 Å². The SMILES string of the molecule is COCC(C)(CCCCCC(=O)CCCCCC(C)(CC(=O)O)c1ccccc1)c1ccccc1. The summed E-state index contributed by atoms with van der Waals surface area (Å²) in [7, 11) is 1.76. The van der Waals surface area contributed by atoms with Crippen LogP contribution in [0.2, 0.25) is 0 Å². The highest BCUT2D eigenvalue weighted by Gasteiger charge is 2.29. The van der Waals surface area contributed by atoms with Gasteiger partial charge in [0.2, 0.25) is 0 Å². The van der Waals surface area contributed by atoms with E-state index in [1.165, 1.54) is 5.56 Å². The van der Waals surface area contributed by atoms with E-state index in [4.69, 9.17) is 4.74 Å². The standard InChI is InChI=1S/C31H44O4/c1-30(24-29(33)34,26-16-8-4-9-17-26)22-14-6-12-20-28(32)21-13-7-15-23-31(2,25-35-3)27-18-10-5-11-19-27/h4-5,8-11,16-19H,6-7,12-15,20-25H2,1-3H3,(H,33,34). The molecule has 2 aromatic rings. The molecule has 0 radical (unpaired) electrons. The van der Waals surface area contributed by atoms with Gasteiger partial charge in [-0.2, -0.15) is 0 Å². The zero-order valence-electron chi connectivity index (χ0n) is 21.9. The third-order valence-corrected chi connectivity index (χ3v) is 7.31. The number of ether oxygens (including phenoxy) is 1. The van der Waals surface area contributed by atoms with Crippen molar-refractivity contribution < 1.29 is 19.4 Å². The van der Waals surface area contributed by atoms with Gasteiger partial charge in [0.25, 0.3) is 0 Å². The monoisotopic (exact) mass is 480 g/mol. The normalized spacial score (nSPS) is 14.7. The molecule has 0 heterocycles. The molecule has 0 aliphatic heterocycles. The van der Waals surface area contributed by atoms with Gasteiger partial charge in [-0.15, -0.1) is 0 Å². The van der Waals surface area contributed by atoms with Crippen LogP contribution in [-0.2, 0) is 25.2 Å². The largest absolute Gasteiger partial charge is 0.481 e. The van der Waals surface area contributed by atoms with Crippen LogP contribution in [0.25, 0.3) is 0 Å². The van der Waals surface area contributed by atoms with Crippen molar-refractivity contribution in [1.82, 2.24) is 0 Å². The molecule has 0 fully saturated rings. The Hall–Kier alpha value is -2.46. The number of hydrogen-bond donors (Lipinski definition) is 1. The maximum Gasteiger partial charge on any atom is 0.304 e. The van der Waals surface area contributed by atoms with Gasteiger partial charge in [-0.1, -0.05) is 100 Å². The summed E-state index contributed by atoms with van der Waals surface area (Å²) in [6, 6.07) is 20.5. The lowest BCUT2D eigenvalue weighted by Crippen LogP contribution is -2.27. The van der Waals surface area contributed by atoms with E-state index < -0.39 is 5.97 Å². The summed E-state index contributed by atoms with van der Waals surface area (Å²) < 4.78 is 5.50. The van der Waals surface area contributed by atoms with Gasteiger partial charge in [0, 0.05) is 30.8 Å². The Balaban J connectivity index is 1.64. The first-order chi connectivity index (χ1) is 16.8. The van der Waals surface area contributed by atoms with Crippen LogP contribution in [-0.4, -0.2) is 30.6 Å². The van der Waals surface area contributed by atoms with Crippen LogP contribution in [0.3, 0.4) is 0 Å². The van der Waals surface area contributed by atoms with Gasteiger partial charge < -0.3 is 9.84 Å². The molecule has 192 valence electrons. The van der Waals surface area contributed by atoms with Crippen LogP contribution >= 0.6 is 0 Å². The highest BCUT2D eigenvalue weighted by Crippen LogP contribution is 2.34. The number of unbranched alkanes of at least 4 members (excludes halogenated alkanes) is 4. The summed E-state index contributed by atoms with van der Waals surface area (Å²) in [5.41, 5.74) is 2.03. The summed E-state index contributed by atoms with van der Waals surface area (Å²) in [4.78, 5) is 23.8. The van der Waals surface area contributed by atoms with Crippen molar-refractivity contribution in [2.24, 2.45) is 0 Å². The van der Waals surface area contributed by atoms with E-state index in [0.29, 0.717) is 25.2 Å². The molecule has 1 N–H and O–H groups in total. The minimum absolute atomic E-state index is 0.00884. The first kappa shape index (κ1) is 28.8. The molecule has 0 amide bonds. The third kappa shape index (κ3) is 9.97. The molecule has 35 heavy (non-hydrogen) atoms. The predicted molar refractivity (Wildman–Crippen MR) is 143 cm³/mol. The average Bonchev–Trinajstić information content (AvgIpc) is 2.84. The van der Waals surface area contributed by atoms with Gasteiger partial charge in [-0.05, 0) is 36.8 Å². The highest BCUT2D eigenvalue weighted by atomic mass is 16.5. The van der Waals surface area contributed by atoms with Crippen LogP contribution in [0.4, 0.5) is 0 Å². The minimum atomic E-state index is -0.766. The molecular weight excluding hydrogens is 436 g/mol. The van der Waals surface area contributed by atoms with Gasteiger partial charge in [-0.3, -0.25) is 9.59 Å². The number of carboxylic acids is 1. The van der Waals surface area contributed by atoms with Crippen LogP contribution in [0.5, 0.6) is 0 Å². The van der Waals surface area contributed by atoms with Gasteiger partial charge in [0.05, 0.1) is 13.0 Å². The number of carbonyl (C=O) groups is 2. The van der Waals surface area contributed by atoms with E-state index in [0.717, 1.165) is 56.9 Å². The van der Waals surface area contributed by atoms with E-state index >= 15 is 0 Å². The third-order valence-electron chi connectivity index (χ3n) is 7.31. The van der Waals surface area contributed by atoms with E-state index in [1.54, 1.807) is 7.11 Å². The average molecular weight is 481 g/mol. The number of carboxylic acid groups (broad SMARTS) is 1. The maximum absolute atomic E-state index is 12.4. The second-order valence-electron chi connectivity index (χ2n) is 10.5. The quantitative estimate of drug-likeness (QED) is 0.224. The molecule has 2 rings (SSSR count). The molecule has 0 aliphatic rings. The van der Waals surface area contributed by atoms with E-state index in [9.17, 15) is 14.7 Å². The highest BCUT2D eigenvalue weighted by molar-refractivity contribution is 5.78. The summed E-state index contributed by atoms with van der Waals surface area (Å²) in [5.74, 6) is -0.415. The summed E-state index contributed by atoms with van der Waals surface area (Å²) in [6.45, 7) is 5.00. The lowest BCUT2D eigenvalue weighted by molar-refractivity contribution is -0.138. The molecule has 0 saturated carbocycles.